The monoisotopic (exact) mass is 362 g/mol. The van der Waals surface area contributed by atoms with Gasteiger partial charge >= 0.3 is 119 Å². The second-order valence-corrected chi connectivity index (χ2v) is 17.9. The molecule has 0 nitrogen and oxygen atoms in total. The average Bonchev–Trinajstić information content (AvgIpc) is 2.73. The zero-order valence-corrected chi connectivity index (χ0v) is 17.4. The first-order chi connectivity index (χ1) is 8.40. The van der Waals surface area contributed by atoms with E-state index in [-0.39, 0.29) is 31.0 Å². The Bertz CT molecular complexity index is 515. The summed E-state index contributed by atoms with van der Waals surface area (Å²) in [6.07, 6.45) is 7.48. The molecular formula is C16H24Cl2SiTi. The van der Waals surface area contributed by atoms with Crippen molar-refractivity contribution in [2.75, 3.05) is 0 Å². The van der Waals surface area contributed by atoms with E-state index in [9.17, 15) is 0 Å². The molecule has 0 spiro atoms. The summed E-state index contributed by atoms with van der Waals surface area (Å²) < 4.78 is 3.69. The quantitative estimate of drug-likeness (QED) is 0.559. The molecule has 0 aliphatic heterocycles. The van der Waals surface area contributed by atoms with Crippen molar-refractivity contribution < 1.29 is 41.4 Å². The van der Waals surface area contributed by atoms with Crippen LogP contribution in [0, 0.1) is 0 Å². The van der Waals surface area contributed by atoms with E-state index >= 15 is 0 Å². The zero-order valence-electron chi connectivity index (χ0n) is 13.3. The third kappa shape index (κ3) is 4.24. The molecule has 0 aromatic heterocycles. The third-order valence-corrected chi connectivity index (χ3v) is 15.5. The molecule has 0 amide bonds. The molecule has 0 radical (unpaired) electrons. The van der Waals surface area contributed by atoms with Crippen molar-refractivity contribution in [3.8, 4) is 0 Å². The van der Waals surface area contributed by atoms with Crippen LogP contribution in [0.5, 0.6) is 0 Å². The van der Waals surface area contributed by atoms with Gasteiger partial charge in [0, 0.05) is 0 Å². The van der Waals surface area contributed by atoms with E-state index in [0.29, 0.717) is 0 Å². The molecule has 2 aliphatic carbocycles. The summed E-state index contributed by atoms with van der Waals surface area (Å²) >= 11 is -1.14. The van der Waals surface area contributed by atoms with Gasteiger partial charge in [-0.25, -0.2) is 0 Å². The first-order valence-corrected chi connectivity index (χ1v) is 13.2. The van der Waals surface area contributed by atoms with Crippen molar-refractivity contribution >= 4 is 6.19 Å². The molecule has 0 N–H and O–H groups in total. The van der Waals surface area contributed by atoms with Crippen molar-refractivity contribution in [3.63, 3.8) is 0 Å². The first-order valence-electron chi connectivity index (χ1n) is 6.82. The van der Waals surface area contributed by atoms with Gasteiger partial charge in [0.25, 0.3) is 0 Å². The van der Waals surface area contributed by atoms with Crippen molar-refractivity contribution in [2.24, 2.45) is 0 Å². The van der Waals surface area contributed by atoms with Gasteiger partial charge in [0.1, 0.15) is 0 Å². The van der Waals surface area contributed by atoms with Gasteiger partial charge in [-0.3, -0.25) is 0 Å². The molecule has 0 saturated carbocycles. The minimum atomic E-state index is -1.14. The maximum atomic E-state index is 2.54. The normalized spacial score (nSPS) is 17.1. The van der Waals surface area contributed by atoms with Crippen molar-refractivity contribution in [1.29, 1.82) is 0 Å². The Morgan fingerprint density at radius 3 is 1.35 bits per heavy atom. The predicted molar refractivity (Wildman–Crippen MR) is 79.6 cm³/mol. The molecule has 0 saturated heterocycles. The number of allylic oxidation sites excluding steroid dienone is 8. The minimum Gasteiger partial charge on any atom is -1.00 e. The molecule has 20 heavy (non-hydrogen) atoms. The van der Waals surface area contributed by atoms with E-state index in [2.05, 4.69) is 52.9 Å². The van der Waals surface area contributed by atoms with Crippen LogP contribution in [0.2, 0.25) is 13.1 Å². The molecule has 2 rings (SSSR count). The SMILES string of the molecule is CC1=C(C)C[C]([Ti+2]([C]2=CC(C)=C(C)C2)=[Si](C)C)=C1.[Cl-].[Cl-]. The van der Waals surface area contributed by atoms with E-state index in [1.165, 1.54) is 12.8 Å². The summed E-state index contributed by atoms with van der Waals surface area (Å²) in [6.45, 7) is 14.3. The minimum absolute atomic E-state index is 0. The van der Waals surface area contributed by atoms with Crippen molar-refractivity contribution in [1.82, 2.24) is 0 Å². The van der Waals surface area contributed by atoms with Gasteiger partial charge in [0.05, 0.1) is 0 Å². The summed E-state index contributed by atoms with van der Waals surface area (Å²) in [6, 6.07) is 0. The number of halogens is 2. The number of hydrogen-bond donors (Lipinski definition) is 0. The fourth-order valence-electron chi connectivity index (χ4n) is 2.89. The molecule has 0 bridgehead atoms. The van der Waals surface area contributed by atoms with Crippen LogP contribution in [0.25, 0.3) is 0 Å². The van der Waals surface area contributed by atoms with Gasteiger partial charge in [-0.2, -0.15) is 0 Å². The summed E-state index contributed by atoms with van der Waals surface area (Å²) in [7, 11) is 0. The van der Waals surface area contributed by atoms with Gasteiger partial charge < -0.3 is 24.8 Å². The van der Waals surface area contributed by atoms with Gasteiger partial charge in [-0.05, 0) is 0 Å². The molecular weight excluding hydrogens is 339 g/mol. The van der Waals surface area contributed by atoms with Gasteiger partial charge in [0.15, 0.2) is 0 Å². The predicted octanol–water partition coefficient (Wildman–Crippen LogP) is -0.888. The molecule has 0 fully saturated rings. The Hall–Kier alpha value is 0.471. The van der Waals surface area contributed by atoms with Crippen LogP contribution < -0.4 is 24.8 Å². The standard InChI is InChI=1S/2C7H9.C2H6Si.2ClH.Ti/c2*1-6-4-3-5-7(6)2;1-3-2;;;/h2*4H,5H2,1-2H3;1-2H3;2*1H;/q;;;;;+2/p-2. The van der Waals surface area contributed by atoms with Crippen molar-refractivity contribution in [2.45, 2.75) is 53.6 Å². The fourth-order valence-corrected chi connectivity index (χ4v) is 14.7. The second kappa shape index (κ2) is 8.20. The Morgan fingerprint density at radius 2 is 1.15 bits per heavy atom. The maximum absolute atomic E-state index is 2.54. The molecule has 0 aromatic rings. The van der Waals surface area contributed by atoms with Crippen LogP contribution in [-0.2, 0) is 16.6 Å². The average molecular weight is 363 g/mol. The van der Waals surface area contributed by atoms with Crippen LogP contribution in [-0.4, -0.2) is 6.19 Å². The largest absolute Gasteiger partial charge is 1.00 e. The van der Waals surface area contributed by atoms with Crippen LogP contribution in [0.15, 0.2) is 42.2 Å². The first kappa shape index (κ1) is 20.5. The smallest absolute Gasteiger partial charge is 1.00 e. The van der Waals surface area contributed by atoms with E-state index in [1.54, 1.807) is 22.3 Å². The molecule has 2 aliphatic rings. The van der Waals surface area contributed by atoms with Gasteiger partial charge in [-0.15, -0.1) is 0 Å². The Kier molecular flexibility index (Phi) is 8.39. The molecule has 4 heteroatoms. The molecule has 110 valence electrons. The summed E-state index contributed by atoms with van der Waals surface area (Å²) in [5.74, 6) is 0. The zero-order chi connectivity index (χ0) is 13.4. The van der Waals surface area contributed by atoms with E-state index in [4.69, 9.17) is 0 Å². The fraction of sp³-hybridized carbons (Fsp3) is 0.500. The van der Waals surface area contributed by atoms with Crippen molar-refractivity contribution in [3.05, 3.63) is 42.2 Å². The number of rotatable bonds is 2. The Morgan fingerprint density at radius 1 is 0.800 bits per heavy atom. The summed E-state index contributed by atoms with van der Waals surface area (Å²) in [4.78, 5) is 0. The van der Waals surface area contributed by atoms with E-state index in [0.717, 1.165) is 0 Å². The molecule has 0 unspecified atom stereocenters. The van der Waals surface area contributed by atoms with Gasteiger partial charge in [0.2, 0.25) is 0 Å². The second-order valence-electron chi connectivity index (χ2n) is 5.99. The van der Waals surface area contributed by atoms with Crippen LogP contribution in [0.1, 0.15) is 40.5 Å². The Balaban J connectivity index is 0.00000180. The van der Waals surface area contributed by atoms with Gasteiger partial charge in [-0.1, -0.05) is 0 Å². The van der Waals surface area contributed by atoms with Crippen LogP contribution in [0.3, 0.4) is 0 Å². The third-order valence-electron chi connectivity index (χ3n) is 4.18. The summed E-state index contributed by atoms with van der Waals surface area (Å²) in [5, 5.41) is 0. The molecule has 0 aromatic carbocycles. The molecule has 0 atom stereocenters. The topological polar surface area (TPSA) is 0 Å². The summed E-state index contributed by atoms with van der Waals surface area (Å²) in [5.41, 5.74) is 6.30. The molecule has 0 heterocycles. The maximum Gasteiger partial charge on any atom is -1.00 e. The van der Waals surface area contributed by atoms with Crippen LogP contribution >= 0.6 is 0 Å². The number of hydrogen-bond acceptors (Lipinski definition) is 0. The van der Waals surface area contributed by atoms with Crippen LogP contribution in [0.4, 0.5) is 0 Å². The van der Waals surface area contributed by atoms with E-state index in [1.807, 2.05) is 7.76 Å². The van der Waals surface area contributed by atoms with E-state index < -0.39 is 16.6 Å². The Labute approximate surface area is 143 Å².